The maximum absolute atomic E-state index is 13.3. The minimum atomic E-state index is -0.0237. The van der Waals surface area contributed by atoms with Crippen molar-refractivity contribution in [2.24, 2.45) is 60.2 Å². The Morgan fingerprint density at radius 1 is 0.306 bits per heavy atom. The number of aryl methyl sites for hydroxylation is 5. The molecule has 0 radical (unpaired) electrons. The van der Waals surface area contributed by atoms with Crippen LogP contribution in [0.4, 0.5) is 57.3 Å². The van der Waals surface area contributed by atoms with Gasteiger partial charge < -0.3 is 91.4 Å². The van der Waals surface area contributed by atoms with Gasteiger partial charge >= 0.3 is 17.5 Å². The fraction of sp³-hybridized carbons (Fsp3) is 0.198. The van der Waals surface area contributed by atoms with E-state index in [9.17, 15) is 24.0 Å². The molecule has 0 bridgehead atoms. The summed E-state index contributed by atoms with van der Waals surface area (Å²) in [6.07, 6.45) is 25.4. The Bertz CT molecular complexity index is 7530. The molecule has 6 aromatic carbocycles. The third-order valence-corrected chi connectivity index (χ3v) is 32.2. The summed E-state index contributed by atoms with van der Waals surface area (Å²) in [4.78, 5) is 115. The van der Waals surface area contributed by atoms with Gasteiger partial charge in [-0.2, -0.15) is 0 Å². The number of pyridine rings is 5. The number of aliphatic imine (C=N–C) groups is 5. The number of amidine groups is 5. The average Bonchev–Trinajstić information content (AvgIpc) is 1.59. The van der Waals surface area contributed by atoms with Gasteiger partial charge in [-0.3, -0.25) is 48.5 Å². The molecule has 21 rings (SSSR count). The number of nitrogens with zero attached hydrogens (tertiary/aromatic N) is 21. The second-order valence-corrected chi connectivity index (χ2v) is 41.0. The summed E-state index contributed by atoms with van der Waals surface area (Å²) in [6, 6.07) is 61.3. The summed E-state index contributed by atoms with van der Waals surface area (Å²) in [5.74, 6) is 3.12. The van der Waals surface area contributed by atoms with Gasteiger partial charge in [0, 0.05) is 150 Å². The number of rotatable bonds is 10. The van der Waals surface area contributed by atoms with E-state index in [2.05, 4.69) is 85.2 Å². The van der Waals surface area contributed by atoms with Crippen LogP contribution in [-0.2, 0) is 59.2 Å². The van der Waals surface area contributed by atoms with E-state index in [1.165, 1.54) is 58.8 Å². The number of halogens is 9. The van der Waals surface area contributed by atoms with Crippen molar-refractivity contribution in [3.8, 4) is 0 Å². The van der Waals surface area contributed by atoms with Gasteiger partial charge in [-0.25, -0.2) is 32.8 Å². The van der Waals surface area contributed by atoms with Crippen LogP contribution in [0.3, 0.4) is 0 Å². The van der Waals surface area contributed by atoms with Crippen LogP contribution in [0.1, 0.15) is 45.7 Å². The molecule has 10 aliphatic heterocycles. The maximum atomic E-state index is 13.3. The summed E-state index contributed by atoms with van der Waals surface area (Å²) in [5, 5.41) is 9.04. The molecule has 0 aliphatic carbocycles. The molecule has 0 unspecified atom stereocenters. The van der Waals surface area contributed by atoms with Crippen molar-refractivity contribution in [2.75, 3.05) is 99.5 Å². The van der Waals surface area contributed by atoms with E-state index in [0.717, 1.165) is 128 Å². The molecule has 0 saturated carbocycles. The number of carbonyl (C=O) groups is 5. The SMILES string of the molecule is CCN1C(=O)/C(=C2\C=CC=CN2C)SC1=Nc1cc[n+](C)c2cc(Cl)ccc12.CCN1C(=O)/C(=C2\C=Cc3ccccc3N2C)SC1=Nc1ccc(Cl)c[n+]1C.CCN1C(=O)/C(=C2\C=Cc3ccccc3N2C)SC1=Nc1cccc[n+]1C.CCN1C(=O)/C(=C2\Sc3ccccc3N2C)SC1=Nc1cc[n+](C)c2cc(Cl)ccc12.CCN1C(=O)C(=C2N(C)c3ccccc3N2C)SC1=Nc1ccc(Cl)c[n+]1C.[Cl-].[Cl-].[Cl-].[Cl-].[Cl-]. The number of fused-ring (bicyclic) bond motifs is 6. The normalized spacial score (nSPS) is 19.2. The number of benzene rings is 6. The lowest BCUT2D eigenvalue weighted by Crippen LogP contribution is -3.00. The van der Waals surface area contributed by atoms with Gasteiger partial charge in [0.15, 0.2) is 22.7 Å². The lowest BCUT2D eigenvalue weighted by molar-refractivity contribution is -0.658. The molecule has 147 heavy (non-hydrogen) atoms. The number of carbonyl (C=O) groups excluding carboxylic acids is 5. The summed E-state index contributed by atoms with van der Waals surface area (Å²) in [7, 11) is 21.6. The second-order valence-electron chi connectivity index (χ2n) is 33.4. The topological polar surface area (TPSA) is 202 Å². The zero-order chi connectivity index (χ0) is 100. The van der Waals surface area contributed by atoms with Crippen LogP contribution < -0.4 is 109 Å². The zero-order valence-electron chi connectivity index (χ0n) is 82.7. The third-order valence-electron chi connectivity index (χ3n) is 24.6. The molecule has 0 atom stereocenters. The molecule has 26 nitrogen and oxygen atoms in total. The molecule has 41 heteroatoms. The molecule has 5 amide bonds. The van der Waals surface area contributed by atoms with Gasteiger partial charge in [-0.05, 0) is 223 Å². The van der Waals surface area contributed by atoms with Crippen molar-refractivity contribution in [2.45, 2.75) is 39.5 Å². The van der Waals surface area contributed by atoms with Crippen molar-refractivity contribution in [3.63, 3.8) is 0 Å². The summed E-state index contributed by atoms with van der Waals surface area (Å²) < 4.78 is 9.67. The van der Waals surface area contributed by atoms with Crippen LogP contribution >= 0.6 is 117 Å². The van der Waals surface area contributed by atoms with Crippen molar-refractivity contribution in [1.29, 1.82) is 0 Å². The van der Waals surface area contributed by atoms with Crippen LogP contribution in [-0.4, -0.2) is 160 Å². The highest BCUT2D eigenvalue weighted by atomic mass is 35.5. The Morgan fingerprint density at radius 3 is 1.08 bits per heavy atom. The number of aromatic nitrogens is 5. The first kappa shape index (κ1) is 114. The molecule has 10 aliphatic rings. The monoisotopic (exact) mass is 2260 g/mol. The first-order valence-corrected chi connectivity index (χ1v) is 52.1. The van der Waals surface area contributed by atoms with Crippen molar-refractivity contribution in [3.05, 3.63) is 339 Å². The lowest BCUT2D eigenvalue weighted by Gasteiger charge is -2.27. The molecule has 5 aromatic heterocycles. The largest absolute Gasteiger partial charge is 1.00 e. The smallest absolute Gasteiger partial charge is 0.326 e. The summed E-state index contributed by atoms with van der Waals surface area (Å²) >= 11 is 33.2. The van der Waals surface area contributed by atoms with E-state index < -0.39 is 0 Å². The van der Waals surface area contributed by atoms with E-state index in [1.54, 1.807) is 60.8 Å². The van der Waals surface area contributed by atoms with Crippen LogP contribution in [0.2, 0.25) is 20.1 Å². The molecular formula is C106H102Cl9N21O5S6. The number of amides is 5. The zero-order valence-corrected chi connectivity index (χ0v) is 94.4. The van der Waals surface area contributed by atoms with Gasteiger partial charge in [-0.15, -0.1) is 0 Å². The molecule has 5 saturated heterocycles. The Balaban J connectivity index is 0.000000162. The summed E-state index contributed by atoms with van der Waals surface area (Å²) in [5.41, 5.74) is 14.1. The number of hydrogen-bond acceptors (Lipinski definition) is 22. The molecule has 0 spiro atoms. The van der Waals surface area contributed by atoms with Crippen LogP contribution in [0.15, 0.2) is 338 Å². The Hall–Kier alpha value is -11.5. The van der Waals surface area contributed by atoms with Gasteiger partial charge in [0.05, 0.1) is 98.7 Å². The van der Waals surface area contributed by atoms with Crippen molar-refractivity contribution in [1.82, 2.24) is 29.4 Å². The number of para-hydroxylation sites is 5. The van der Waals surface area contributed by atoms with E-state index in [-0.39, 0.29) is 91.6 Å². The number of anilines is 5. The standard InChI is InChI=1S/C23H20ClN4OS2.2C21H20ClN4OS.C21H21N4OS.C20H21ClN5OS.5ClH/c1-4-28-21(29)20(22-27(3)17-7-5-6-8-19(17)30-22)31-23(28)25-16-11-12-26(2)18-13-14(24)9-10-15(16)18;1-4-26-20(27)19(17-7-5-6-11-24(17)2)28-21(26)23-16-10-12-25(3)18-13-14(22)8-9-15(16)18;1-4-26-20(27)19(17-11-9-14-7-5-6-8-16(14)25(17)3)28-21(26)23-18-12-10-15(22)13-24(18)2;1-4-25-20(26)19(27-21(25)22-18-11-7-8-14-23(18)2)17-13-12-15-9-5-6-10-16(15)24(17)3;1-5-26-19(27)17(18-24(3)14-8-6-7-9-15(14)25(18)4)28-20(26)22-16-11-10-13(21)12-23(16)2;;;;;/h5-13H,4H2,1-3H3;2*5-13H,4H2,1-3H3;5-14H,4H2,1-3H3;6-12H,5H2,1-4H3;5*1H/q5*+1;;;;;/p-5/b22-20+;3*19-17-;;;;;;. The highest BCUT2D eigenvalue weighted by Crippen LogP contribution is 2.52. The molecular weight excluding hydrogens is 2160 g/mol. The van der Waals surface area contributed by atoms with Crippen LogP contribution in [0.25, 0.3) is 34.0 Å². The van der Waals surface area contributed by atoms with Crippen molar-refractivity contribution >= 4 is 264 Å². The maximum Gasteiger partial charge on any atom is 0.326 e. The lowest BCUT2D eigenvalue weighted by atomic mass is 10.1. The number of thioether (sulfide) groups is 6. The minimum Gasteiger partial charge on any atom is -1.00 e. The molecule has 11 aromatic rings. The van der Waals surface area contributed by atoms with E-state index in [1.807, 2.05) is 322 Å². The first-order valence-electron chi connectivity index (χ1n) is 45.7. The molecule has 5 fully saturated rings. The highest BCUT2D eigenvalue weighted by Gasteiger charge is 2.46. The number of hydrogen-bond donors (Lipinski definition) is 0. The molecule has 0 N–H and O–H groups in total. The van der Waals surface area contributed by atoms with Gasteiger partial charge in [0.25, 0.3) is 45.0 Å². The quantitative estimate of drug-likeness (QED) is 0.122. The summed E-state index contributed by atoms with van der Waals surface area (Å²) in [6.45, 7) is 12.7. The van der Waals surface area contributed by atoms with Gasteiger partial charge in [0.2, 0.25) is 11.0 Å². The fourth-order valence-corrected chi connectivity index (χ4v) is 24.8. The predicted molar refractivity (Wildman–Crippen MR) is 586 cm³/mol. The van der Waals surface area contributed by atoms with Crippen LogP contribution in [0, 0.1) is 0 Å². The first-order chi connectivity index (χ1) is 68.5. The Kier molecular flexibility index (Phi) is 38.6. The minimum absolute atomic E-state index is 0. The molecule has 15 heterocycles. The highest BCUT2D eigenvalue weighted by molar-refractivity contribution is 8.20. The van der Waals surface area contributed by atoms with Gasteiger partial charge in [0.1, 0.15) is 56.8 Å². The number of likely N-dealkylation sites (N-methyl/N-ethyl adjacent to an activating group) is 8. The Morgan fingerprint density at radius 2 is 0.667 bits per heavy atom. The van der Waals surface area contributed by atoms with E-state index >= 15 is 0 Å². The van der Waals surface area contributed by atoms with Crippen LogP contribution in [0.5, 0.6) is 0 Å². The van der Waals surface area contributed by atoms with E-state index in [0.29, 0.717) is 98.3 Å². The fourth-order valence-electron chi connectivity index (χ4n) is 17.0. The van der Waals surface area contributed by atoms with Gasteiger partial charge in [-0.1, -0.05) is 143 Å². The Labute approximate surface area is 931 Å². The third kappa shape index (κ3) is 23.6. The average molecular weight is 2260 g/mol. The predicted octanol–water partition coefficient (Wildman–Crippen LogP) is 5.55. The second kappa shape index (κ2) is 49.7. The van der Waals surface area contributed by atoms with E-state index in [4.69, 9.17) is 71.4 Å². The number of allylic oxidation sites excluding steroid dienone is 5. The van der Waals surface area contributed by atoms with Crippen molar-refractivity contribution < 1.29 is 109 Å². The molecule has 760 valence electrons.